The average molecular weight is 555 g/mol. The third kappa shape index (κ3) is 6.89. The van der Waals surface area contributed by atoms with Crippen molar-refractivity contribution in [2.24, 2.45) is 0 Å². The van der Waals surface area contributed by atoms with Gasteiger partial charge >= 0.3 is 0 Å². The van der Waals surface area contributed by atoms with Crippen molar-refractivity contribution in [1.82, 2.24) is 4.90 Å². The van der Waals surface area contributed by atoms with Gasteiger partial charge in [-0.25, -0.2) is 17.2 Å². The van der Waals surface area contributed by atoms with E-state index in [9.17, 15) is 22.0 Å². The van der Waals surface area contributed by atoms with E-state index in [1.807, 2.05) is 0 Å². The number of carbonyl (C=O) groups excluding carboxylic acids is 1. The smallest absolute Gasteiger partial charge is 0.281 e. The highest BCUT2D eigenvalue weighted by molar-refractivity contribution is 8.12. The highest BCUT2D eigenvalue weighted by Gasteiger charge is 2.29. The topological polar surface area (TPSA) is 66.9 Å². The van der Waals surface area contributed by atoms with Gasteiger partial charge in [-0.05, 0) is 55.1 Å². The number of anilines is 1. The van der Waals surface area contributed by atoms with Gasteiger partial charge in [0.2, 0.25) is 0 Å². The van der Waals surface area contributed by atoms with E-state index in [2.05, 4.69) is 0 Å². The van der Waals surface area contributed by atoms with Gasteiger partial charge in [-0.3, -0.25) is 9.10 Å². The third-order valence-corrected chi connectivity index (χ3v) is 7.93. The van der Waals surface area contributed by atoms with Gasteiger partial charge < -0.3 is 9.64 Å². The summed E-state index contributed by atoms with van der Waals surface area (Å²) in [7, 11) is -2.61. The highest BCUT2D eigenvalue weighted by Crippen LogP contribution is 2.31. The Labute approximate surface area is 218 Å². The SMILES string of the molecule is CSC(=O)N(C)CCCOc1ccccc1CN(c1cc(F)ccc1F)S(=O)(=O)c1ccc(Cl)cc1. The minimum Gasteiger partial charge on any atom is -0.493 e. The molecule has 1 amide bonds. The van der Waals surface area contributed by atoms with Crippen molar-refractivity contribution in [2.75, 3.05) is 30.8 Å². The van der Waals surface area contributed by atoms with Gasteiger partial charge in [0.05, 0.1) is 23.7 Å². The Kier molecular flexibility index (Phi) is 9.58. The van der Waals surface area contributed by atoms with Gasteiger partial charge in [0.25, 0.3) is 15.3 Å². The number of hydrogen-bond acceptors (Lipinski definition) is 5. The van der Waals surface area contributed by atoms with Crippen LogP contribution in [0.3, 0.4) is 0 Å². The number of amides is 1. The maximum atomic E-state index is 14.8. The summed E-state index contributed by atoms with van der Waals surface area (Å²) in [6, 6.07) is 14.8. The van der Waals surface area contributed by atoms with Crippen molar-refractivity contribution in [3.05, 3.63) is 89.0 Å². The molecule has 11 heteroatoms. The van der Waals surface area contributed by atoms with Crippen LogP contribution >= 0.6 is 23.4 Å². The Hall–Kier alpha value is -2.82. The van der Waals surface area contributed by atoms with Crippen LogP contribution in [0, 0.1) is 11.6 Å². The molecule has 0 unspecified atom stereocenters. The van der Waals surface area contributed by atoms with Crippen LogP contribution in [-0.4, -0.2) is 45.0 Å². The van der Waals surface area contributed by atoms with E-state index >= 15 is 0 Å². The molecule has 0 aliphatic carbocycles. The summed E-state index contributed by atoms with van der Waals surface area (Å²) in [5.74, 6) is -1.28. The van der Waals surface area contributed by atoms with Gasteiger partial charge in [-0.1, -0.05) is 41.6 Å². The number of carbonyl (C=O) groups is 1. The second kappa shape index (κ2) is 12.4. The standard InChI is InChI=1S/C25H25ClF2N2O4S2/c1-29(25(31)35-2)14-5-15-34-24-7-4-3-6-18(24)17-30(23-16-20(27)10-13-22(23)28)36(32,33)21-11-8-19(26)9-12-21/h3-4,6-13,16H,5,14-15,17H2,1-2H3. The Morgan fingerprint density at radius 3 is 2.44 bits per heavy atom. The summed E-state index contributed by atoms with van der Waals surface area (Å²) in [5, 5.41) is 0.275. The molecule has 0 aliphatic rings. The summed E-state index contributed by atoms with van der Waals surface area (Å²) < 4.78 is 62.7. The molecule has 0 aromatic heterocycles. The molecule has 36 heavy (non-hydrogen) atoms. The summed E-state index contributed by atoms with van der Waals surface area (Å²) in [6.45, 7) is 0.432. The number of nitrogens with zero attached hydrogens (tertiary/aromatic N) is 2. The van der Waals surface area contributed by atoms with E-state index in [1.54, 1.807) is 42.5 Å². The van der Waals surface area contributed by atoms with Crippen LogP contribution in [0.2, 0.25) is 5.02 Å². The lowest BCUT2D eigenvalue weighted by molar-refractivity contribution is 0.226. The van der Waals surface area contributed by atoms with Crippen molar-refractivity contribution >= 4 is 44.3 Å². The summed E-state index contributed by atoms with van der Waals surface area (Å²) in [4.78, 5) is 13.1. The summed E-state index contributed by atoms with van der Waals surface area (Å²) in [6.07, 6.45) is 2.25. The number of sulfonamides is 1. The molecule has 3 aromatic rings. The fourth-order valence-corrected chi connectivity index (χ4v) is 5.34. The predicted molar refractivity (Wildman–Crippen MR) is 139 cm³/mol. The zero-order chi connectivity index (χ0) is 26.3. The molecule has 0 N–H and O–H groups in total. The molecule has 192 valence electrons. The molecule has 0 bridgehead atoms. The van der Waals surface area contributed by atoms with Crippen LogP contribution < -0.4 is 9.04 Å². The van der Waals surface area contributed by atoms with Gasteiger partial charge in [0.15, 0.2) is 0 Å². The fourth-order valence-electron chi connectivity index (χ4n) is 3.37. The molecule has 0 heterocycles. The van der Waals surface area contributed by atoms with Crippen molar-refractivity contribution in [3.8, 4) is 5.75 Å². The molecule has 0 atom stereocenters. The normalized spacial score (nSPS) is 11.2. The first-order valence-corrected chi connectivity index (χ1v) is 13.9. The maximum absolute atomic E-state index is 14.8. The van der Waals surface area contributed by atoms with Crippen LogP contribution in [0.4, 0.5) is 19.3 Å². The first-order valence-electron chi connectivity index (χ1n) is 10.9. The molecule has 0 radical (unpaired) electrons. The number of halogens is 3. The Morgan fingerprint density at radius 2 is 1.75 bits per heavy atom. The Morgan fingerprint density at radius 1 is 1.06 bits per heavy atom. The molecule has 0 fully saturated rings. The minimum atomic E-state index is -4.31. The maximum Gasteiger partial charge on any atom is 0.281 e. The van der Waals surface area contributed by atoms with E-state index in [4.69, 9.17) is 16.3 Å². The zero-order valence-electron chi connectivity index (χ0n) is 19.7. The molecule has 6 nitrogen and oxygen atoms in total. The van der Waals surface area contributed by atoms with Crippen molar-refractivity contribution in [3.63, 3.8) is 0 Å². The van der Waals surface area contributed by atoms with E-state index in [0.717, 1.165) is 34.3 Å². The molecule has 3 rings (SSSR count). The van der Waals surface area contributed by atoms with Crippen LogP contribution in [0.1, 0.15) is 12.0 Å². The first-order chi connectivity index (χ1) is 17.1. The lowest BCUT2D eigenvalue weighted by Gasteiger charge is -2.26. The summed E-state index contributed by atoms with van der Waals surface area (Å²) >= 11 is 7.02. The van der Waals surface area contributed by atoms with E-state index in [1.165, 1.54) is 24.3 Å². The van der Waals surface area contributed by atoms with Crippen molar-refractivity contribution < 1.29 is 26.7 Å². The monoisotopic (exact) mass is 554 g/mol. The molecule has 3 aromatic carbocycles. The number of para-hydroxylation sites is 1. The minimum absolute atomic E-state index is 0.0597. The van der Waals surface area contributed by atoms with Crippen LogP contribution in [0.5, 0.6) is 5.75 Å². The Bertz CT molecular complexity index is 1310. The van der Waals surface area contributed by atoms with Gasteiger partial charge in [0, 0.05) is 30.2 Å². The Balaban J connectivity index is 1.91. The molecular weight excluding hydrogens is 530 g/mol. The van der Waals surface area contributed by atoms with Gasteiger partial charge in [-0.15, -0.1) is 0 Å². The fraction of sp³-hybridized carbons (Fsp3) is 0.240. The number of ether oxygens (including phenoxy) is 1. The first kappa shape index (κ1) is 27.8. The molecule has 0 aliphatic heterocycles. The van der Waals surface area contributed by atoms with Crippen LogP contribution in [-0.2, 0) is 16.6 Å². The molecular formula is C25H25ClF2N2O4S2. The van der Waals surface area contributed by atoms with Crippen molar-refractivity contribution in [1.29, 1.82) is 0 Å². The number of benzene rings is 3. The van der Waals surface area contributed by atoms with Crippen LogP contribution in [0.15, 0.2) is 71.6 Å². The predicted octanol–water partition coefficient (Wildman–Crippen LogP) is 6.20. The molecule has 0 spiro atoms. The number of hydrogen-bond donors (Lipinski definition) is 0. The summed E-state index contributed by atoms with van der Waals surface area (Å²) in [5.41, 5.74) is 0.0178. The quantitative estimate of drug-likeness (QED) is 0.279. The lowest BCUT2D eigenvalue weighted by Crippen LogP contribution is -2.31. The molecule has 0 saturated carbocycles. The van der Waals surface area contributed by atoms with Crippen LogP contribution in [0.25, 0.3) is 0 Å². The zero-order valence-corrected chi connectivity index (χ0v) is 22.0. The second-order valence-corrected chi connectivity index (χ2v) is 10.8. The largest absolute Gasteiger partial charge is 0.493 e. The number of thioether (sulfide) groups is 1. The van der Waals surface area contributed by atoms with Crippen molar-refractivity contribution in [2.45, 2.75) is 17.9 Å². The average Bonchev–Trinajstić information content (AvgIpc) is 2.87. The second-order valence-electron chi connectivity index (χ2n) is 7.76. The molecule has 0 saturated heterocycles. The van der Waals surface area contributed by atoms with E-state index in [0.29, 0.717) is 29.3 Å². The lowest BCUT2D eigenvalue weighted by atomic mass is 10.2. The van der Waals surface area contributed by atoms with E-state index in [-0.39, 0.29) is 23.3 Å². The van der Waals surface area contributed by atoms with Gasteiger partial charge in [0.1, 0.15) is 17.4 Å². The van der Waals surface area contributed by atoms with Gasteiger partial charge in [-0.2, -0.15) is 0 Å². The van der Waals surface area contributed by atoms with E-state index < -0.39 is 27.3 Å². The highest BCUT2D eigenvalue weighted by atomic mass is 35.5. The number of rotatable bonds is 10. The third-order valence-electron chi connectivity index (χ3n) is 5.25.